The van der Waals surface area contributed by atoms with Crippen LogP contribution in [-0.4, -0.2) is 27.7 Å². The van der Waals surface area contributed by atoms with E-state index < -0.39 is 5.97 Å². The lowest BCUT2D eigenvalue weighted by Gasteiger charge is -1.95. The number of hydrogen-bond acceptors (Lipinski definition) is 4. The van der Waals surface area contributed by atoms with Crippen LogP contribution in [0.25, 0.3) is 0 Å². The van der Waals surface area contributed by atoms with Crippen molar-refractivity contribution in [2.45, 2.75) is 6.92 Å². The van der Waals surface area contributed by atoms with Crippen molar-refractivity contribution in [1.82, 2.24) is 9.94 Å². The van der Waals surface area contributed by atoms with Gasteiger partial charge in [0.1, 0.15) is 0 Å². The molecule has 60 valence electrons. The normalized spacial score (nSPS) is 9.55. The summed E-state index contributed by atoms with van der Waals surface area (Å²) in [6.07, 6.45) is 1.26. The van der Waals surface area contributed by atoms with Gasteiger partial charge in [-0.25, -0.2) is 4.79 Å². The van der Waals surface area contributed by atoms with E-state index in [9.17, 15) is 4.79 Å². The van der Waals surface area contributed by atoms with E-state index in [0.717, 1.165) is 0 Å². The molecule has 0 aliphatic heterocycles. The van der Waals surface area contributed by atoms with Crippen molar-refractivity contribution < 1.29 is 14.7 Å². The highest BCUT2D eigenvalue weighted by Crippen LogP contribution is 1.96. The first-order valence-corrected chi connectivity index (χ1v) is 3.16. The zero-order chi connectivity index (χ0) is 8.27. The Morgan fingerprint density at radius 1 is 1.91 bits per heavy atom. The van der Waals surface area contributed by atoms with Crippen LogP contribution in [0.4, 0.5) is 0 Å². The van der Waals surface area contributed by atoms with E-state index >= 15 is 0 Å². The van der Waals surface area contributed by atoms with Gasteiger partial charge in [0.05, 0.1) is 12.8 Å². The fourth-order valence-corrected chi connectivity index (χ4v) is 0.628. The number of carbonyl (C=O) groups excluding carboxylic acids is 1. The maximum atomic E-state index is 10.8. The first-order chi connectivity index (χ1) is 5.24. The minimum Gasteiger partial charge on any atom is -0.461 e. The molecule has 0 amide bonds. The van der Waals surface area contributed by atoms with Gasteiger partial charge in [0.2, 0.25) is 0 Å². The molecule has 1 aromatic heterocycles. The van der Waals surface area contributed by atoms with E-state index in [0.29, 0.717) is 11.5 Å². The van der Waals surface area contributed by atoms with Crippen LogP contribution >= 0.6 is 0 Å². The molecule has 0 saturated heterocycles. The molecule has 0 bridgehead atoms. The van der Waals surface area contributed by atoms with E-state index in [1.165, 1.54) is 12.3 Å². The third kappa shape index (κ3) is 1.70. The molecule has 11 heavy (non-hydrogen) atoms. The summed E-state index contributed by atoms with van der Waals surface area (Å²) in [5.41, 5.74) is 0.106. The summed E-state index contributed by atoms with van der Waals surface area (Å²) >= 11 is 0. The van der Waals surface area contributed by atoms with Crippen LogP contribution in [0.1, 0.15) is 17.4 Å². The molecule has 1 N–H and O–H groups in total. The lowest BCUT2D eigenvalue weighted by Crippen LogP contribution is -2.06. The number of hydrogen-bond donors (Lipinski definition) is 1. The highest BCUT2D eigenvalue weighted by Gasteiger charge is 2.08. The molecule has 0 unspecified atom stereocenters. The molecule has 1 heterocycles. The van der Waals surface area contributed by atoms with Crippen LogP contribution in [0.5, 0.6) is 0 Å². The SMILES string of the molecule is CCOC(=O)c1ccn(O)n1. The Bertz CT molecular complexity index is 256. The predicted octanol–water partition coefficient (Wildman–Crippen LogP) is 0.297. The van der Waals surface area contributed by atoms with Crippen LogP contribution in [0.3, 0.4) is 0 Å². The molecule has 0 radical (unpaired) electrons. The summed E-state index contributed by atoms with van der Waals surface area (Å²) in [4.78, 5) is 11.4. The van der Waals surface area contributed by atoms with Gasteiger partial charge in [0.25, 0.3) is 0 Å². The number of ether oxygens (including phenoxy) is 1. The van der Waals surface area contributed by atoms with E-state index in [2.05, 4.69) is 9.84 Å². The third-order valence-corrected chi connectivity index (χ3v) is 1.06. The quantitative estimate of drug-likeness (QED) is 0.494. The predicted molar refractivity (Wildman–Crippen MR) is 35.4 cm³/mol. The lowest BCUT2D eigenvalue weighted by molar-refractivity contribution is 0.0509. The second-order valence-electron chi connectivity index (χ2n) is 1.84. The van der Waals surface area contributed by atoms with Gasteiger partial charge in [-0.2, -0.15) is 0 Å². The van der Waals surface area contributed by atoms with Crippen LogP contribution < -0.4 is 0 Å². The van der Waals surface area contributed by atoms with Gasteiger partial charge < -0.3 is 9.94 Å². The van der Waals surface area contributed by atoms with Crippen molar-refractivity contribution >= 4 is 5.97 Å². The Balaban J connectivity index is 2.69. The Hall–Kier alpha value is -1.52. The summed E-state index contributed by atoms with van der Waals surface area (Å²) in [5, 5.41) is 12.1. The highest BCUT2D eigenvalue weighted by molar-refractivity contribution is 5.86. The molecule has 5 heteroatoms. The average Bonchev–Trinajstić information content (AvgIpc) is 2.36. The smallest absolute Gasteiger partial charge is 0.358 e. The molecule has 0 fully saturated rings. The van der Waals surface area contributed by atoms with E-state index in [1.807, 2.05) is 0 Å². The maximum Gasteiger partial charge on any atom is 0.358 e. The fraction of sp³-hybridized carbons (Fsp3) is 0.333. The molecule has 1 aromatic rings. The van der Waals surface area contributed by atoms with Crippen LogP contribution in [0.15, 0.2) is 12.3 Å². The molecule has 0 spiro atoms. The van der Waals surface area contributed by atoms with Gasteiger partial charge in [0.15, 0.2) is 5.69 Å². The number of esters is 1. The second-order valence-corrected chi connectivity index (χ2v) is 1.84. The van der Waals surface area contributed by atoms with E-state index in [4.69, 9.17) is 5.21 Å². The zero-order valence-electron chi connectivity index (χ0n) is 6.02. The largest absolute Gasteiger partial charge is 0.461 e. The third-order valence-electron chi connectivity index (χ3n) is 1.06. The van der Waals surface area contributed by atoms with Gasteiger partial charge in [-0.1, -0.05) is 0 Å². The summed E-state index contributed by atoms with van der Waals surface area (Å²) in [6, 6.07) is 1.37. The minimum absolute atomic E-state index is 0.106. The van der Waals surface area contributed by atoms with Crippen molar-refractivity contribution in [1.29, 1.82) is 0 Å². The first kappa shape index (κ1) is 7.59. The lowest BCUT2D eigenvalue weighted by atomic mass is 10.4. The summed E-state index contributed by atoms with van der Waals surface area (Å²) < 4.78 is 4.62. The van der Waals surface area contributed by atoms with Crippen molar-refractivity contribution in [2.75, 3.05) is 6.61 Å². The van der Waals surface area contributed by atoms with Crippen molar-refractivity contribution in [3.8, 4) is 0 Å². The van der Waals surface area contributed by atoms with Gasteiger partial charge in [-0.05, 0) is 13.0 Å². The Kier molecular flexibility index (Phi) is 2.10. The first-order valence-electron chi connectivity index (χ1n) is 3.16. The molecule has 0 aliphatic carbocycles. The molecular weight excluding hydrogens is 148 g/mol. The van der Waals surface area contributed by atoms with E-state index in [1.54, 1.807) is 6.92 Å². The van der Waals surface area contributed by atoms with Crippen molar-refractivity contribution in [3.05, 3.63) is 18.0 Å². The van der Waals surface area contributed by atoms with Gasteiger partial charge in [0, 0.05) is 0 Å². The Morgan fingerprint density at radius 3 is 3.09 bits per heavy atom. The molecule has 5 nitrogen and oxygen atoms in total. The summed E-state index contributed by atoms with van der Waals surface area (Å²) in [7, 11) is 0. The van der Waals surface area contributed by atoms with Gasteiger partial charge >= 0.3 is 5.97 Å². The molecule has 0 aromatic carbocycles. The highest BCUT2D eigenvalue weighted by atomic mass is 16.5. The summed E-state index contributed by atoms with van der Waals surface area (Å²) in [6.45, 7) is 2.00. The number of carbonyl (C=O) groups is 1. The van der Waals surface area contributed by atoms with Gasteiger partial charge in [-0.3, -0.25) is 0 Å². The molecule has 0 aliphatic rings. The van der Waals surface area contributed by atoms with Crippen LogP contribution in [-0.2, 0) is 4.74 Å². The zero-order valence-corrected chi connectivity index (χ0v) is 6.02. The monoisotopic (exact) mass is 156 g/mol. The molecular formula is C6H8N2O3. The average molecular weight is 156 g/mol. The second kappa shape index (κ2) is 3.05. The maximum absolute atomic E-state index is 10.8. The molecule has 1 rings (SSSR count). The summed E-state index contributed by atoms with van der Waals surface area (Å²) in [5.74, 6) is -0.527. The molecule has 0 saturated carbocycles. The number of aromatic nitrogens is 2. The molecule has 0 atom stereocenters. The standard InChI is InChI=1S/C6H8N2O3/c1-2-11-6(9)5-3-4-8(10)7-5/h3-4,10H,2H2,1H3. The Morgan fingerprint density at radius 2 is 2.64 bits per heavy atom. The Labute approximate surface area is 63.2 Å². The minimum atomic E-state index is -0.527. The van der Waals surface area contributed by atoms with Crippen molar-refractivity contribution in [3.63, 3.8) is 0 Å². The number of nitrogens with zero attached hydrogens (tertiary/aromatic N) is 2. The topological polar surface area (TPSA) is 64.3 Å². The van der Waals surface area contributed by atoms with Crippen LogP contribution in [0, 0.1) is 0 Å². The number of rotatable bonds is 2. The van der Waals surface area contributed by atoms with Gasteiger partial charge in [-0.15, -0.1) is 9.94 Å². The fourth-order valence-electron chi connectivity index (χ4n) is 0.628. The van der Waals surface area contributed by atoms with E-state index in [-0.39, 0.29) is 5.69 Å². The van der Waals surface area contributed by atoms with Crippen LogP contribution in [0.2, 0.25) is 0 Å². The van der Waals surface area contributed by atoms with Crippen molar-refractivity contribution in [2.24, 2.45) is 0 Å².